The van der Waals surface area contributed by atoms with Crippen molar-refractivity contribution in [2.45, 2.75) is 32.9 Å². The number of ether oxygens (including phenoxy) is 1. The van der Waals surface area contributed by atoms with Gasteiger partial charge in [0.2, 0.25) is 0 Å². The van der Waals surface area contributed by atoms with Crippen LogP contribution in [-0.2, 0) is 13.2 Å². The number of nitrogens with two attached hydrogens (primary N) is 1. The average Bonchev–Trinajstić information content (AvgIpc) is 2.85. The number of hydrogen-bond donors (Lipinski definition) is 1. The summed E-state index contributed by atoms with van der Waals surface area (Å²) in [5, 5.41) is 3.88. The zero-order chi connectivity index (χ0) is 13.0. The Hall–Kier alpha value is -1.88. The van der Waals surface area contributed by atoms with Gasteiger partial charge in [0.15, 0.2) is 12.4 Å². The molecule has 0 fully saturated rings. The van der Waals surface area contributed by atoms with Crippen LogP contribution in [0.15, 0.2) is 28.8 Å². The van der Waals surface area contributed by atoms with Crippen molar-refractivity contribution in [2.24, 2.45) is 5.73 Å². The minimum absolute atomic E-state index is 0.253. The molecule has 0 saturated heterocycles. The molecular weight excluding hydrogens is 230 g/mol. The molecule has 2 N–H and O–H groups in total. The zero-order valence-electron chi connectivity index (χ0n) is 10.6. The Kier molecular flexibility index (Phi) is 3.94. The van der Waals surface area contributed by atoms with Gasteiger partial charge in [-0.1, -0.05) is 31.1 Å². The van der Waals surface area contributed by atoms with Crippen molar-refractivity contribution in [1.29, 1.82) is 0 Å². The van der Waals surface area contributed by atoms with Crippen molar-refractivity contribution >= 4 is 0 Å². The lowest BCUT2D eigenvalue weighted by Crippen LogP contribution is -1.99. The Morgan fingerprint density at radius 3 is 2.89 bits per heavy atom. The summed E-state index contributed by atoms with van der Waals surface area (Å²) in [6.07, 6.45) is 0. The van der Waals surface area contributed by atoms with E-state index < -0.39 is 0 Å². The van der Waals surface area contributed by atoms with Gasteiger partial charge in [0.05, 0.1) is 0 Å². The van der Waals surface area contributed by atoms with Crippen molar-refractivity contribution in [2.75, 3.05) is 0 Å². The fourth-order valence-electron chi connectivity index (χ4n) is 1.47. The van der Waals surface area contributed by atoms with E-state index in [1.807, 2.05) is 38.1 Å². The topological polar surface area (TPSA) is 74.2 Å². The normalized spacial score (nSPS) is 10.9. The predicted molar refractivity (Wildman–Crippen MR) is 67.1 cm³/mol. The third-order valence-corrected chi connectivity index (χ3v) is 2.50. The van der Waals surface area contributed by atoms with Gasteiger partial charge < -0.3 is 15.0 Å². The first-order chi connectivity index (χ1) is 8.69. The van der Waals surface area contributed by atoms with Crippen molar-refractivity contribution in [3.8, 4) is 5.75 Å². The second-order valence-corrected chi connectivity index (χ2v) is 4.34. The van der Waals surface area contributed by atoms with E-state index in [0.717, 1.165) is 11.3 Å². The highest BCUT2D eigenvalue weighted by Crippen LogP contribution is 2.15. The van der Waals surface area contributed by atoms with Crippen molar-refractivity contribution < 1.29 is 9.26 Å². The van der Waals surface area contributed by atoms with Crippen LogP contribution in [0.25, 0.3) is 0 Å². The summed E-state index contributed by atoms with van der Waals surface area (Å²) in [7, 11) is 0. The molecule has 0 unspecified atom stereocenters. The van der Waals surface area contributed by atoms with Crippen LogP contribution in [0.5, 0.6) is 5.75 Å². The monoisotopic (exact) mass is 247 g/mol. The van der Waals surface area contributed by atoms with Crippen LogP contribution in [0.3, 0.4) is 0 Å². The first-order valence-corrected chi connectivity index (χ1v) is 5.93. The number of hydrogen-bond acceptors (Lipinski definition) is 5. The lowest BCUT2D eigenvalue weighted by molar-refractivity contribution is 0.242. The maximum Gasteiger partial charge on any atom is 0.264 e. The lowest BCUT2D eigenvalue weighted by atomic mass is 10.2. The molecule has 1 aromatic heterocycles. The highest BCUT2D eigenvalue weighted by molar-refractivity contribution is 5.28. The molecule has 1 aromatic carbocycles. The molecule has 1 heterocycles. The molecule has 0 atom stereocenters. The molecule has 5 heteroatoms. The summed E-state index contributed by atoms with van der Waals surface area (Å²) in [4.78, 5) is 4.24. The molecule has 2 aromatic rings. The molecule has 0 aliphatic rings. The first-order valence-electron chi connectivity index (χ1n) is 5.93. The van der Waals surface area contributed by atoms with Crippen LogP contribution in [-0.4, -0.2) is 10.1 Å². The maximum absolute atomic E-state index is 5.58. The summed E-state index contributed by atoms with van der Waals surface area (Å²) >= 11 is 0. The van der Waals surface area contributed by atoms with E-state index in [4.69, 9.17) is 15.0 Å². The van der Waals surface area contributed by atoms with E-state index in [1.165, 1.54) is 0 Å². The van der Waals surface area contributed by atoms with Crippen LogP contribution in [0.1, 0.15) is 37.0 Å². The average molecular weight is 247 g/mol. The van der Waals surface area contributed by atoms with E-state index in [9.17, 15) is 0 Å². The Balaban J connectivity index is 1.97. The third kappa shape index (κ3) is 3.07. The van der Waals surface area contributed by atoms with E-state index in [1.54, 1.807) is 0 Å². The Morgan fingerprint density at radius 2 is 2.22 bits per heavy atom. The van der Waals surface area contributed by atoms with E-state index in [0.29, 0.717) is 18.3 Å². The molecule has 96 valence electrons. The predicted octanol–water partition coefficient (Wildman–Crippen LogP) is 2.23. The Bertz CT molecular complexity index is 508. The first kappa shape index (κ1) is 12.6. The Morgan fingerprint density at radius 1 is 1.39 bits per heavy atom. The summed E-state index contributed by atoms with van der Waals surface area (Å²) < 4.78 is 10.7. The highest BCUT2D eigenvalue weighted by Gasteiger charge is 2.09. The van der Waals surface area contributed by atoms with Crippen molar-refractivity contribution in [1.82, 2.24) is 10.1 Å². The summed E-state index contributed by atoms with van der Waals surface area (Å²) in [6, 6.07) is 7.64. The van der Waals surface area contributed by atoms with Crippen molar-refractivity contribution in [3.05, 3.63) is 41.5 Å². The fourth-order valence-corrected chi connectivity index (χ4v) is 1.47. The lowest BCUT2D eigenvalue weighted by Gasteiger charge is -2.04. The molecule has 18 heavy (non-hydrogen) atoms. The molecule has 0 amide bonds. The van der Waals surface area contributed by atoms with Crippen LogP contribution < -0.4 is 10.5 Å². The molecule has 0 saturated carbocycles. The molecule has 0 bridgehead atoms. The molecule has 2 rings (SSSR count). The second-order valence-electron chi connectivity index (χ2n) is 4.34. The maximum atomic E-state index is 5.58. The van der Waals surface area contributed by atoms with Gasteiger partial charge in [-0.3, -0.25) is 0 Å². The van der Waals surface area contributed by atoms with E-state index in [-0.39, 0.29) is 12.5 Å². The minimum atomic E-state index is 0.253. The molecule has 5 nitrogen and oxygen atoms in total. The van der Waals surface area contributed by atoms with E-state index >= 15 is 0 Å². The summed E-state index contributed by atoms with van der Waals surface area (Å²) in [6.45, 7) is 4.80. The minimum Gasteiger partial charge on any atom is -0.484 e. The van der Waals surface area contributed by atoms with Gasteiger partial charge in [0.1, 0.15) is 5.75 Å². The standard InChI is InChI=1S/C13H17N3O2/c1-9(2)13-15-12(18-16-13)8-17-11-5-3-4-10(6-11)7-14/h3-6,9H,7-8,14H2,1-2H3. The molecule has 0 radical (unpaired) electrons. The molecule has 0 aliphatic heterocycles. The summed E-state index contributed by atoms with van der Waals surface area (Å²) in [5.41, 5.74) is 6.59. The van der Waals surface area contributed by atoms with Gasteiger partial charge >= 0.3 is 0 Å². The zero-order valence-corrected chi connectivity index (χ0v) is 10.6. The van der Waals surface area contributed by atoms with Gasteiger partial charge in [0, 0.05) is 12.5 Å². The molecular formula is C13H17N3O2. The van der Waals surface area contributed by atoms with Crippen LogP contribution in [0.2, 0.25) is 0 Å². The number of rotatable bonds is 5. The van der Waals surface area contributed by atoms with Gasteiger partial charge in [-0.05, 0) is 17.7 Å². The summed E-state index contributed by atoms with van der Waals surface area (Å²) in [5.74, 6) is 2.19. The third-order valence-electron chi connectivity index (χ3n) is 2.50. The SMILES string of the molecule is CC(C)c1noc(COc2cccc(CN)c2)n1. The van der Waals surface area contributed by atoms with Crippen LogP contribution in [0.4, 0.5) is 0 Å². The van der Waals surface area contributed by atoms with Gasteiger partial charge in [-0.25, -0.2) is 0 Å². The van der Waals surface area contributed by atoms with Crippen LogP contribution in [0, 0.1) is 0 Å². The van der Waals surface area contributed by atoms with Crippen molar-refractivity contribution in [3.63, 3.8) is 0 Å². The smallest absolute Gasteiger partial charge is 0.264 e. The number of nitrogens with zero attached hydrogens (tertiary/aromatic N) is 2. The number of benzene rings is 1. The Labute approximate surface area is 106 Å². The quantitative estimate of drug-likeness (QED) is 0.877. The van der Waals surface area contributed by atoms with Crippen LogP contribution >= 0.6 is 0 Å². The highest BCUT2D eigenvalue weighted by atomic mass is 16.5. The van der Waals surface area contributed by atoms with E-state index in [2.05, 4.69) is 10.1 Å². The van der Waals surface area contributed by atoms with Gasteiger partial charge in [-0.2, -0.15) is 4.98 Å². The van der Waals surface area contributed by atoms with Gasteiger partial charge in [-0.15, -0.1) is 0 Å². The molecule has 0 spiro atoms. The largest absolute Gasteiger partial charge is 0.484 e. The fraction of sp³-hybridized carbons (Fsp3) is 0.385. The second kappa shape index (κ2) is 5.64. The number of aromatic nitrogens is 2. The van der Waals surface area contributed by atoms with Gasteiger partial charge in [0.25, 0.3) is 5.89 Å². The molecule has 0 aliphatic carbocycles.